The number of urea groups is 1. The SMILES string of the molecule is C[As](C)CC(=O)OC1CN(C(=O)Nc2cc(Oc3cc(F)c(N(C(=O)C4(C(N)=O)CC4)c4ccc(F)cc4)cc3F)ccn2)C1. The normalized spacial score (nSPS) is 15.2. The molecule has 0 spiro atoms. The van der Waals surface area contributed by atoms with Gasteiger partial charge in [-0.1, -0.05) is 0 Å². The van der Waals surface area contributed by atoms with E-state index in [9.17, 15) is 23.6 Å². The molecule has 15 heteroatoms. The fourth-order valence-electron chi connectivity index (χ4n) is 4.65. The Hall–Kier alpha value is -4.58. The molecule has 3 aromatic rings. The Morgan fingerprint density at radius 2 is 1.73 bits per heavy atom. The van der Waals surface area contributed by atoms with Gasteiger partial charge in [-0.05, 0) is 37.1 Å². The number of carbonyl (C=O) groups excluding carboxylic acids is 4. The molecule has 2 aromatic carbocycles. The monoisotopic (exact) mass is 687 g/mol. The molecule has 0 radical (unpaired) electrons. The van der Waals surface area contributed by atoms with Crippen LogP contribution in [0.4, 0.5) is 35.2 Å². The number of nitrogens with two attached hydrogens (primary N) is 1. The average Bonchev–Trinajstić information content (AvgIpc) is 3.76. The van der Waals surface area contributed by atoms with Crippen LogP contribution in [0.2, 0.25) is 16.6 Å². The van der Waals surface area contributed by atoms with Gasteiger partial charge in [0, 0.05) is 17.8 Å². The number of ether oxygens (including phenoxy) is 2. The molecule has 2 fully saturated rings. The number of esters is 1. The fourth-order valence-corrected chi connectivity index (χ4v) is 5.89. The molecule has 1 saturated heterocycles. The van der Waals surface area contributed by atoms with E-state index in [-0.39, 0.29) is 55.3 Å². The molecule has 0 unspecified atom stereocenters. The summed E-state index contributed by atoms with van der Waals surface area (Å²) in [5.74, 6) is -5.25. The van der Waals surface area contributed by atoms with Crippen molar-refractivity contribution in [2.45, 2.75) is 35.6 Å². The quantitative estimate of drug-likeness (QED) is 0.178. The van der Waals surface area contributed by atoms with Gasteiger partial charge in [-0.15, -0.1) is 0 Å². The number of hydrogen-bond donors (Lipinski definition) is 2. The molecule has 0 atom stereocenters. The van der Waals surface area contributed by atoms with E-state index in [2.05, 4.69) is 10.3 Å². The van der Waals surface area contributed by atoms with Crippen LogP contribution < -0.4 is 20.7 Å². The molecule has 2 aliphatic rings. The summed E-state index contributed by atoms with van der Waals surface area (Å²) in [7, 11) is 0. The number of hydrogen-bond acceptors (Lipinski definition) is 7. The number of carbonyl (C=O) groups is 4. The second-order valence-corrected chi connectivity index (χ2v) is 16.2. The van der Waals surface area contributed by atoms with E-state index < -0.39 is 66.8 Å². The molecule has 1 aromatic heterocycles. The van der Waals surface area contributed by atoms with Gasteiger partial charge in [0.1, 0.15) is 11.2 Å². The van der Waals surface area contributed by atoms with Gasteiger partial charge < -0.3 is 5.73 Å². The summed E-state index contributed by atoms with van der Waals surface area (Å²) in [5, 5.41) is 3.01. The topological polar surface area (TPSA) is 144 Å². The Labute approximate surface area is 260 Å². The standard InChI is InChI=1S/C30H29AsF3N5O6/c1-31(2)14-26(40)45-20-15-38(16-20)29(43)37-25-11-19(7-10-36-25)44-24-13-21(33)23(12-22(24)34)39(18-5-3-17(32)4-6-18)28(42)30(8-9-30)27(35)41/h3-7,10-13,20H,8-9,14-16H2,1-2H3,(H2,35,41)(H,36,37,43). The van der Waals surface area contributed by atoms with Crippen molar-refractivity contribution in [3.05, 3.63) is 72.2 Å². The number of aromatic nitrogens is 1. The predicted octanol–water partition coefficient (Wildman–Crippen LogP) is 4.74. The van der Waals surface area contributed by atoms with Crippen molar-refractivity contribution in [2.75, 3.05) is 23.3 Å². The number of rotatable bonds is 10. The number of nitrogens with one attached hydrogen (secondary N) is 1. The number of nitrogens with zero attached hydrogens (tertiary/aromatic N) is 3. The van der Waals surface area contributed by atoms with Gasteiger partial charge >= 0.3 is 127 Å². The summed E-state index contributed by atoms with van der Waals surface area (Å²) in [4.78, 5) is 56.2. The zero-order valence-corrected chi connectivity index (χ0v) is 26.1. The van der Waals surface area contributed by atoms with E-state index in [4.69, 9.17) is 15.2 Å². The maximum atomic E-state index is 15.5. The summed E-state index contributed by atoms with van der Waals surface area (Å²) in [6.45, 7) is 0.450. The van der Waals surface area contributed by atoms with Crippen LogP contribution in [0, 0.1) is 22.9 Å². The van der Waals surface area contributed by atoms with Gasteiger partial charge in [0.05, 0.1) is 5.69 Å². The average molecular weight is 688 g/mol. The maximum absolute atomic E-state index is 15.5. The summed E-state index contributed by atoms with van der Waals surface area (Å²) in [5.41, 5.74) is 7.43. The minimum atomic E-state index is -1.58. The van der Waals surface area contributed by atoms with E-state index in [0.29, 0.717) is 5.21 Å². The van der Waals surface area contributed by atoms with Crippen molar-refractivity contribution < 1.29 is 41.8 Å². The van der Waals surface area contributed by atoms with Crippen LogP contribution in [0.1, 0.15) is 12.8 Å². The minimum absolute atomic E-state index is 0.000557. The van der Waals surface area contributed by atoms with Gasteiger partial charge in [-0.3, -0.25) is 14.5 Å². The summed E-state index contributed by atoms with van der Waals surface area (Å²) in [6.07, 6.45) is 1.19. The van der Waals surface area contributed by atoms with Crippen LogP contribution >= 0.6 is 0 Å². The van der Waals surface area contributed by atoms with Gasteiger partial charge in [0.2, 0.25) is 11.8 Å². The van der Waals surface area contributed by atoms with Gasteiger partial charge in [-0.25, -0.2) is 13.2 Å². The molecule has 1 saturated carbocycles. The fraction of sp³-hybridized carbons (Fsp3) is 0.300. The molecule has 0 bridgehead atoms. The first-order valence-corrected chi connectivity index (χ1v) is 18.9. The van der Waals surface area contributed by atoms with Gasteiger partial charge in [0.25, 0.3) is 0 Å². The Morgan fingerprint density at radius 1 is 1.04 bits per heavy atom. The molecular formula is C30H29AsF3N5O6. The molecular weight excluding hydrogens is 658 g/mol. The molecule has 4 amide bonds. The number of primary amides is 1. The second kappa shape index (κ2) is 12.8. The molecule has 3 N–H and O–H groups in total. The summed E-state index contributed by atoms with van der Waals surface area (Å²) >= 11 is -1.17. The van der Waals surface area contributed by atoms with E-state index in [0.717, 1.165) is 29.2 Å². The van der Waals surface area contributed by atoms with Crippen LogP contribution in [-0.4, -0.2) is 67.5 Å². The van der Waals surface area contributed by atoms with Crippen LogP contribution in [0.3, 0.4) is 0 Å². The molecule has 11 nitrogen and oxygen atoms in total. The number of likely N-dealkylation sites (tertiary alicyclic amines) is 1. The van der Waals surface area contributed by atoms with Gasteiger partial charge in [0.15, 0.2) is 17.4 Å². The molecule has 5 rings (SSSR count). The van der Waals surface area contributed by atoms with Crippen molar-refractivity contribution in [3.8, 4) is 11.5 Å². The third-order valence-electron chi connectivity index (χ3n) is 7.23. The Balaban J connectivity index is 1.29. The van der Waals surface area contributed by atoms with E-state index >= 15 is 8.78 Å². The van der Waals surface area contributed by atoms with Crippen LogP contribution in [0.25, 0.3) is 0 Å². The van der Waals surface area contributed by atoms with E-state index in [1.54, 1.807) is 0 Å². The predicted molar refractivity (Wildman–Crippen MR) is 158 cm³/mol. The first kappa shape index (κ1) is 31.8. The Morgan fingerprint density at radius 3 is 2.36 bits per heavy atom. The number of anilines is 3. The second-order valence-electron chi connectivity index (χ2n) is 11.0. The zero-order chi connectivity index (χ0) is 32.5. The Bertz CT molecular complexity index is 1650. The number of halogens is 3. The van der Waals surface area contributed by atoms with Gasteiger partial charge in [-0.2, -0.15) is 0 Å². The molecule has 1 aliphatic carbocycles. The first-order valence-electron chi connectivity index (χ1n) is 13.8. The number of pyridine rings is 1. The van der Waals surface area contributed by atoms with E-state index in [1.165, 1.54) is 35.4 Å². The number of benzene rings is 2. The molecule has 1 aliphatic heterocycles. The Kier molecular flexibility index (Phi) is 9.05. The summed E-state index contributed by atoms with van der Waals surface area (Å²) in [6, 6.07) is 8.07. The van der Waals surface area contributed by atoms with Crippen LogP contribution in [0.15, 0.2) is 54.7 Å². The van der Waals surface area contributed by atoms with Crippen LogP contribution in [0.5, 0.6) is 11.5 Å². The third kappa shape index (κ3) is 7.06. The van der Waals surface area contributed by atoms with Crippen molar-refractivity contribution >= 4 is 55.7 Å². The third-order valence-corrected chi connectivity index (χ3v) is 9.10. The van der Waals surface area contributed by atoms with Crippen molar-refractivity contribution in [3.63, 3.8) is 0 Å². The molecule has 236 valence electrons. The van der Waals surface area contributed by atoms with Crippen molar-refractivity contribution in [1.82, 2.24) is 9.88 Å². The molecule has 45 heavy (non-hydrogen) atoms. The van der Waals surface area contributed by atoms with E-state index in [1.807, 2.05) is 11.4 Å². The zero-order valence-electron chi connectivity index (χ0n) is 24.3. The molecule has 2 heterocycles. The first-order chi connectivity index (χ1) is 21.4. The van der Waals surface area contributed by atoms with Crippen molar-refractivity contribution in [1.29, 1.82) is 0 Å². The number of amides is 4. The van der Waals surface area contributed by atoms with Crippen LogP contribution in [-0.2, 0) is 19.1 Å². The van der Waals surface area contributed by atoms with Crippen molar-refractivity contribution in [2.24, 2.45) is 11.1 Å². The summed E-state index contributed by atoms with van der Waals surface area (Å²) < 4.78 is 55.4.